The standard InChI is InChI=1S/C22H27N3O6/c1-13(26)18(20(28)25-30)24-19(27)15-10-8-14(9-11-15)16-6-5-7-17(12-16)23-21(29)31-22(2,3)4/h5-13,18,26,30H,1-4H3,(H,23,29)(H,24,27)(H,25,28)/t13-,18+/m1/s1. The predicted molar refractivity (Wildman–Crippen MR) is 115 cm³/mol. The van der Waals surface area contributed by atoms with Crippen molar-refractivity contribution in [1.82, 2.24) is 10.8 Å². The molecule has 0 aliphatic heterocycles. The number of carbonyl (C=O) groups excluding carboxylic acids is 3. The van der Waals surface area contributed by atoms with Crippen molar-refractivity contribution < 1.29 is 29.4 Å². The minimum absolute atomic E-state index is 0.267. The highest BCUT2D eigenvalue weighted by molar-refractivity contribution is 5.98. The molecule has 0 saturated carbocycles. The first-order valence-electron chi connectivity index (χ1n) is 9.63. The van der Waals surface area contributed by atoms with Crippen LogP contribution in [0.5, 0.6) is 0 Å². The zero-order valence-electron chi connectivity index (χ0n) is 17.8. The largest absolute Gasteiger partial charge is 0.444 e. The molecule has 9 nitrogen and oxygen atoms in total. The smallest absolute Gasteiger partial charge is 0.412 e. The van der Waals surface area contributed by atoms with E-state index in [-0.39, 0.29) is 5.56 Å². The fourth-order valence-electron chi connectivity index (χ4n) is 2.71. The van der Waals surface area contributed by atoms with Gasteiger partial charge in [0.05, 0.1) is 6.10 Å². The van der Waals surface area contributed by atoms with E-state index in [1.807, 2.05) is 6.07 Å². The number of anilines is 1. The second-order valence-electron chi connectivity index (χ2n) is 7.95. The molecule has 0 aliphatic carbocycles. The second-order valence-corrected chi connectivity index (χ2v) is 7.95. The predicted octanol–water partition coefficient (Wildman–Crippen LogP) is 2.69. The lowest BCUT2D eigenvalue weighted by atomic mass is 10.0. The second kappa shape index (κ2) is 10.1. The van der Waals surface area contributed by atoms with Crippen molar-refractivity contribution in [2.45, 2.75) is 45.4 Å². The van der Waals surface area contributed by atoms with E-state index < -0.39 is 35.7 Å². The topological polar surface area (TPSA) is 137 Å². The van der Waals surface area contributed by atoms with E-state index in [1.165, 1.54) is 12.4 Å². The monoisotopic (exact) mass is 429 g/mol. The molecule has 0 aliphatic rings. The molecule has 5 N–H and O–H groups in total. The molecule has 166 valence electrons. The van der Waals surface area contributed by atoms with Gasteiger partial charge in [-0.1, -0.05) is 24.3 Å². The third-order valence-corrected chi connectivity index (χ3v) is 4.15. The number of rotatable bonds is 6. The number of aliphatic hydroxyl groups is 1. The Morgan fingerprint density at radius 1 is 1.00 bits per heavy atom. The zero-order valence-corrected chi connectivity index (χ0v) is 17.8. The van der Waals surface area contributed by atoms with Crippen molar-refractivity contribution in [2.24, 2.45) is 0 Å². The number of carbonyl (C=O) groups is 3. The van der Waals surface area contributed by atoms with Gasteiger partial charge >= 0.3 is 6.09 Å². The van der Waals surface area contributed by atoms with Crippen molar-refractivity contribution in [3.8, 4) is 11.1 Å². The Hall–Kier alpha value is -3.43. The normalized spacial score (nSPS) is 13.0. The molecule has 9 heteroatoms. The number of aliphatic hydroxyl groups excluding tert-OH is 1. The van der Waals surface area contributed by atoms with Crippen LogP contribution < -0.4 is 16.1 Å². The van der Waals surface area contributed by atoms with Gasteiger partial charge in [-0.2, -0.15) is 0 Å². The minimum Gasteiger partial charge on any atom is -0.444 e. The maximum atomic E-state index is 12.4. The highest BCUT2D eigenvalue weighted by Crippen LogP contribution is 2.23. The molecule has 0 aromatic heterocycles. The summed E-state index contributed by atoms with van der Waals surface area (Å²) in [6.45, 7) is 6.66. The van der Waals surface area contributed by atoms with E-state index in [9.17, 15) is 19.5 Å². The van der Waals surface area contributed by atoms with Crippen LogP contribution >= 0.6 is 0 Å². The molecule has 2 atom stereocenters. The van der Waals surface area contributed by atoms with Gasteiger partial charge in [0.1, 0.15) is 11.6 Å². The third kappa shape index (κ3) is 7.09. The van der Waals surface area contributed by atoms with Crippen LogP contribution in [0.1, 0.15) is 38.1 Å². The Kier molecular flexibility index (Phi) is 7.73. The van der Waals surface area contributed by atoms with Gasteiger partial charge in [0, 0.05) is 11.3 Å². The molecule has 0 saturated heterocycles. The van der Waals surface area contributed by atoms with Crippen molar-refractivity contribution in [1.29, 1.82) is 0 Å². The van der Waals surface area contributed by atoms with Crippen LogP contribution in [0.2, 0.25) is 0 Å². The Balaban J connectivity index is 2.12. The van der Waals surface area contributed by atoms with Crippen molar-refractivity contribution >= 4 is 23.6 Å². The van der Waals surface area contributed by atoms with E-state index in [0.29, 0.717) is 5.69 Å². The molecule has 0 radical (unpaired) electrons. The lowest BCUT2D eigenvalue weighted by molar-refractivity contribution is -0.133. The Labute approximate surface area is 180 Å². The summed E-state index contributed by atoms with van der Waals surface area (Å²) in [5, 5.41) is 23.4. The van der Waals surface area contributed by atoms with Crippen molar-refractivity contribution in [2.75, 3.05) is 5.32 Å². The molecule has 2 rings (SSSR count). The highest BCUT2D eigenvalue weighted by Gasteiger charge is 2.25. The number of nitrogens with one attached hydrogen (secondary N) is 3. The van der Waals surface area contributed by atoms with Gasteiger partial charge in [-0.15, -0.1) is 0 Å². The molecule has 0 spiro atoms. The minimum atomic E-state index is -1.30. The summed E-state index contributed by atoms with van der Waals surface area (Å²) >= 11 is 0. The van der Waals surface area contributed by atoms with E-state index in [2.05, 4.69) is 10.6 Å². The Morgan fingerprint density at radius 2 is 1.65 bits per heavy atom. The molecule has 0 bridgehead atoms. The van der Waals surface area contributed by atoms with Crippen molar-refractivity contribution in [3.63, 3.8) is 0 Å². The maximum Gasteiger partial charge on any atom is 0.412 e. The molecule has 2 aromatic carbocycles. The average Bonchev–Trinajstić information content (AvgIpc) is 2.70. The summed E-state index contributed by atoms with van der Waals surface area (Å²) in [5.41, 5.74) is 3.23. The van der Waals surface area contributed by atoms with Crippen LogP contribution in [-0.2, 0) is 9.53 Å². The van der Waals surface area contributed by atoms with Gasteiger partial charge in [-0.3, -0.25) is 20.1 Å². The number of benzene rings is 2. The molecule has 31 heavy (non-hydrogen) atoms. The lowest BCUT2D eigenvalue weighted by Crippen LogP contribution is -2.51. The quantitative estimate of drug-likeness (QED) is 0.354. The van der Waals surface area contributed by atoms with E-state index >= 15 is 0 Å². The molecule has 2 aromatic rings. The van der Waals surface area contributed by atoms with Crippen LogP contribution in [0.15, 0.2) is 48.5 Å². The van der Waals surface area contributed by atoms with Crippen molar-refractivity contribution in [3.05, 3.63) is 54.1 Å². The van der Waals surface area contributed by atoms with E-state index in [0.717, 1.165) is 11.1 Å². The summed E-state index contributed by atoms with van der Waals surface area (Å²) in [4.78, 5) is 35.9. The van der Waals surface area contributed by atoms with Crippen LogP contribution in [0, 0.1) is 0 Å². The highest BCUT2D eigenvalue weighted by atomic mass is 16.6. The Morgan fingerprint density at radius 3 is 2.19 bits per heavy atom. The van der Waals surface area contributed by atoms with E-state index in [1.54, 1.807) is 63.2 Å². The van der Waals surface area contributed by atoms with Gasteiger partial charge in [-0.25, -0.2) is 10.3 Å². The van der Waals surface area contributed by atoms with Crippen LogP contribution in [-0.4, -0.2) is 46.0 Å². The Bertz CT molecular complexity index is 935. The van der Waals surface area contributed by atoms with Gasteiger partial charge < -0.3 is 15.2 Å². The maximum absolute atomic E-state index is 12.4. The number of ether oxygens (including phenoxy) is 1. The van der Waals surface area contributed by atoms with Gasteiger partial charge in [0.15, 0.2) is 0 Å². The summed E-state index contributed by atoms with van der Waals surface area (Å²) in [5.74, 6) is -1.50. The first-order chi connectivity index (χ1) is 14.5. The lowest BCUT2D eigenvalue weighted by Gasteiger charge is -2.20. The van der Waals surface area contributed by atoms with E-state index in [4.69, 9.17) is 9.94 Å². The van der Waals surface area contributed by atoms with Crippen LogP contribution in [0.25, 0.3) is 11.1 Å². The van der Waals surface area contributed by atoms with Crippen LogP contribution in [0.4, 0.5) is 10.5 Å². The number of hydroxylamine groups is 1. The van der Waals surface area contributed by atoms with Gasteiger partial charge in [0.25, 0.3) is 11.8 Å². The molecule has 0 unspecified atom stereocenters. The first kappa shape index (κ1) is 23.8. The third-order valence-electron chi connectivity index (χ3n) is 4.15. The average molecular weight is 429 g/mol. The fourth-order valence-corrected chi connectivity index (χ4v) is 2.71. The molecule has 0 heterocycles. The SMILES string of the molecule is C[C@@H](O)[C@H](NC(=O)c1ccc(-c2cccc(NC(=O)OC(C)(C)C)c2)cc1)C(=O)NO. The van der Waals surface area contributed by atoms with Gasteiger partial charge in [0.2, 0.25) is 0 Å². The summed E-state index contributed by atoms with van der Waals surface area (Å²) in [6.07, 6.45) is -1.76. The fraction of sp³-hybridized carbons (Fsp3) is 0.318. The molecule has 3 amide bonds. The number of hydrogen-bond acceptors (Lipinski definition) is 6. The summed E-state index contributed by atoms with van der Waals surface area (Å²) in [7, 11) is 0. The number of amides is 3. The number of hydrogen-bond donors (Lipinski definition) is 5. The zero-order chi connectivity index (χ0) is 23.2. The van der Waals surface area contributed by atoms with Gasteiger partial charge in [-0.05, 0) is 63.1 Å². The molecular weight excluding hydrogens is 402 g/mol. The molecule has 0 fully saturated rings. The summed E-state index contributed by atoms with van der Waals surface area (Å²) < 4.78 is 5.25. The summed E-state index contributed by atoms with van der Waals surface area (Å²) in [6, 6.07) is 12.4. The molecular formula is C22H27N3O6. The van der Waals surface area contributed by atoms with Crippen LogP contribution in [0.3, 0.4) is 0 Å². The first-order valence-corrected chi connectivity index (χ1v) is 9.63.